The molecule has 0 aromatic carbocycles. The summed E-state index contributed by atoms with van der Waals surface area (Å²) in [7, 11) is 0. The summed E-state index contributed by atoms with van der Waals surface area (Å²) in [4.78, 5) is 16.1. The largest absolute Gasteiger partial charge is 0.506 e. The number of aromatic nitrogens is 1. The molecule has 0 radical (unpaired) electrons. The highest BCUT2D eigenvalue weighted by atomic mass is 32.1. The third-order valence-electron chi connectivity index (χ3n) is 2.48. The molecule has 4 nitrogen and oxygen atoms in total. The molecule has 0 bridgehead atoms. The van der Waals surface area contributed by atoms with Crippen molar-refractivity contribution in [1.29, 1.82) is 0 Å². The van der Waals surface area contributed by atoms with Crippen molar-refractivity contribution >= 4 is 17.2 Å². The van der Waals surface area contributed by atoms with Gasteiger partial charge in [-0.1, -0.05) is 0 Å². The second kappa shape index (κ2) is 4.18. The molecule has 2 aromatic heterocycles. The number of carbonyl (C=O) groups is 1. The smallest absolute Gasteiger partial charge is 0.254 e. The molecule has 0 saturated carbocycles. The molecule has 88 valence electrons. The van der Waals surface area contributed by atoms with Gasteiger partial charge in [0.05, 0.1) is 11.1 Å². The van der Waals surface area contributed by atoms with Gasteiger partial charge >= 0.3 is 0 Å². The molecular weight excluding hydrogens is 236 g/mol. The molecule has 2 rings (SSSR count). The third kappa shape index (κ3) is 2.01. The molecule has 17 heavy (non-hydrogen) atoms. The topological polar surface area (TPSA) is 76.2 Å². The number of rotatable bonds is 2. The van der Waals surface area contributed by atoms with Crippen molar-refractivity contribution in [2.75, 3.05) is 0 Å². The van der Waals surface area contributed by atoms with Gasteiger partial charge < -0.3 is 10.8 Å². The fourth-order valence-corrected chi connectivity index (χ4v) is 2.63. The third-order valence-corrected chi connectivity index (χ3v) is 3.55. The highest BCUT2D eigenvalue weighted by molar-refractivity contribution is 7.13. The van der Waals surface area contributed by atoms with E-state index < -0.39 is 5.91 Å². The van der Waals surface area contributed by atoms with E-state index >= 15 is 0 Å². The van der Waals surface area contributed by atoms with Crippen LogP contribution in [0.4, 0.5) is 0 Å². The number of hydrogen-bond acceptors (Lipinski definition) is 4. The second-order valence-corrected chi connectivity index (χ2v) is 4.74. The zero-order valence-corrected chi connectivity index (χ0v) is 10.3. The Bertz CT molecular complexity index is 590. The van der Waals surface area contributed by atoms with E-state index in [0.29, 0.717) is 11.3 Å². The first-order valence-electron chi connectivity index (χ1n) is 5.04. The van der Waals surface area contributed by atoms with E-state index in [1.165, 1.54) is 17.5 Å². The highest BCUT2D eigenvalue weighted by Gasteiger charge is 2.17. The van der Waals surface area contributed by atoms with Crippen LogP contribution in [0.5, 0.6) is 5.75 Å². The van der Waals surface area contributed by atoms with Gasteiger partial charge in [0.1, 0.15) is 5.75 Å². The van der Waals surface area contributed by atoms with Crippen LogP contribution in [0.15, 0.2) is 17.6 Å². The van der Waals surface area contributed by atoms with Crippen molar-refractivity contribution < 1.29 is 9.90 Å². The minimum Gasteiger partial charge on any atom is -0.506 e. The summed E-state index contributed by atoms with van der Waals surface area (Å²) in [6.45, 7) is 3.76. The van der Waals surface area contributed by atoms with Gasteiger partial charge in [0.25, 0.3) is 5.91 Å². The summed E-state index contributed by atoms with van der Waals surface area (Å²) >= 11 is 1.50. The summed E-state index contributed by atoms with van der Waals surface area (Å²) in [5.74, 6) is -0.767. The Balaban J connectivity index is 2.68. The zero-order chi connectivity index (χ0) is 12.6. The molecule has 1 amide bonds. The maximum atomic E-state index is 11.1. The molecule has 5 heteroatoms. The number of primary amides is 1. The lowest BCUT2D eigenvalue weighted by Crippen LogP contribution is -2.12. The number of thiophene rings is 1. The normalized spacial score (nSPS) is 10.5. The van der Waals surface area contributed by atoms with E-state index in [2.05, 4.69) is 4.98 Å². The summed E-state index contributed by atoms with van der Waals surface area (Å²) in [6, 6.07) is 1.94. The number of amides is 1. The molecule has 0 spiro atoms. The molecule has 0 saturated heterocycles. The number of hydrogen-bond donors (Lipinski definition) is 2. The van der Waals surface area contributed by atoms with Crippen molar-refractivity contribution in [3.63, 3.8) is 0 Å². The van der Waals surface area contributed by atoms with Gasteiger partial charge in [-0.15, -0.1) is 11.3 Å². The first-order chi connectivity index (χ1) is 8.00. The van der Waals surface area contributed by atoms with Gasteiger partial charge in [0.15, 0.2) is 0 Å². The van der Waals surface area contributed by atoms with Crippen LogP contribution in [0.2, 0.25) is 0 Å². The van der Waals surface area contributed by atoms with Crippen molar-refractivity contribution in [3.05, 3.63) is 34.5 Å². The van der Waals surface area contributed by atoms with Crippen molar-refractivity contribution in [1.82, 2.24) is 4.98 Å². The summed E-state index contributed by atoms with van der Waals surface area (Å²) < 4.78 is 0. The highest BCUT2D eigenvalue weighted by Crippen LogP contribution is 2.37. The van der Waals surface area contributed by atoms with Crippen LogP contribution in [-0.2, 0) is 0 Å². The second-order valence-electron chi connectivity index (χ2n) is 3.83. The maximum Gasteiger partial charge on any atom is 0.254 e. The van der Waals surface area contributed by atoms with Crippen LogP contribution in [0, 0.1) is 13.8 Å². The van der Waals surface area contributed by atoms with Crippen LogP contribution in [-0.4, -0.2) is 16.0 Å². The van der Waals surface area contributed by atoms with Crippen LogP contribution in [0.1, 0.15) is 21.6 Å². The van der Waals surface area contributed by atoms with E-state index in [0.717, 1.165) is 10.4 Å². The average molecular weight is 248 g/mol. The van der Waals surface area contributed by atoms with E-state index in [1.807, 2.05) is 18.4 Å². The molecule has 2 aromatic rings. The van der Waals surface area contributed by atoms with E-state index in [4.69, 9.17) is 5.73 Å². The summed E-state index contributed by atoms with van der Waals surface area (Å²) in [5, 5.41) is 12.0. The lowest BCUT2D eigenvalue weighted by Gasteiger charge is -2.08. The van der Waals surface area contributed by atoms with E-state index in [1.54, 1.807) is 6.92 Å². The lowest BCUT2D eigenvalue weighted by molar-refractivity contribution is 0.0997. The standard InChI is InChI=1S/C12H12N2O2S/c1-6-3-9(17-5-6)10-7(2)14-4-8(11(10)15)12(13)16/h3-5H,1-2H3,(H2,13,16)(H,14,15). The first kappa shape index (κ1) is 11.6. The molecule has 2 heterocycles. The first-order valence-corrected chi connectivity index (χ1v) is 5.92. The van der Waals surface area contributed by atoms with Crippen LogP contribution < -0.4 is 5.73 Å². The fourth-order valence-electron chi connectivity index (χ4n) is 1.63. The molecule has 0 atom stereocenters. The van der Waals surface area contributed by atoms with Gasteiger partial charge in [0, 0.05) is 16.8 Å². The Hall–Kier alpha value is -1.88. The van der Waals surface area contributed by atoms with E-state index in [-0.39, 0.29) is 11.3 Å². The van der Waals surface area contributed by atoms with Crippen molar-refractivity contribution in [3.8, 4) is 16.2 Å². The minimum absolute atomic E-state index is 0.0525. The number of nitrogens with two attached hydrogens (primary N) is 1. The lowest BCUT2D eigenvalue weighted by atomic mass is 10.1. The molecule has 0 aliphatic carbocycles. The predicted molar refractivity (Wildman–Crippen MR) is 67.2 cm³/mol. The number of aromatic hydroxyl groups is 1. The summed E-state index contributed by atoms with van der Waals surface area (Å²) in [6.07, 6.45) is 1.30. The quantitative estimate of drug-likeness (QED) is 0.855. The predicted octanol–water partition coefficient (Wildman–Crippen LogP) is 2.23. The van der Waals surface area contributed by atoms with Gasteiger partial charge in [-0.25, -0.2) is 0 Å². The Morgan fingerprint density at radius 2 is 2.18 bits per heavy atom. The Morgan fingerprint density at radius 1 is 1.47 bits per heavy atom. The molecule has 0 aliphatic heterocycles. The SMILES string of the molecule is Cc1csc(-c2c(C)ncc(C(N)=O)c2O)c1. The Labute approximate surface area is 103 Å². The average Bonchev–Trinajstić information content (AvgIpc) is 2.64. The molecule has 3 N–H and O–H groups in total. The zero-order valence-electron chi connectivity index (χ0n) is 9.52. The maximum absolute atomic E-state index is 11.1. The summed E-state index contributed by atoms with van der Waals surface area (Å²) in [5.41, 5.74) is 7.60. The fraction of sp³-hybridized carbons (Fsp3) is 0.167. The van der Waals surface area contributed by atoms with Crippen molar-refractivity contribution in [2.45, 2.75) is 13.8 Å². The molecule has 0 fully saturated rings. The monoisotopic (exact) mass is 248 g/mol. The van der Waals surface area contributed by atoms with Gasteiger partial charge in [-0.2, -0.15) is 0 Å². The van der Waals surface area contributed by atoms with Gasteiger partial charge in [0.2, 0.25) is 0 Å². The van der Waals surface area contributed by atoms with E-state index in [9.17, 15) is 9.90 Å². The van der Waals surface area contributed by atoms with Gasteiger partial charge in [-0.05, 0) is 30.9 Å². The molecular formula is C12H12N2O2S. The Morgan fingerprint density at radius 3 is 2.71 bits per heavy atom. The van der Waals surface area contributed by atoms with Crippen LogP contribution >= 0.6 is 11.3 Å². The molecule has 0 aliphatic rings. The number of nitrogens with zero attached hydrogens (tertiary/aromatic N) is 1. The van der Waals surface area contributed by atoms with Gasteiger partial charge in [-0.3, -0.25) is 9.78 Å². The number of carbonyl (C=O) groups excluding carboxylic acids is 1. The number of pyridine rings is 1. The van der Waals surface area contributed by atoms with Crippen LogP contribution in [0.25, 0.3) is 10.4 Å². The number of aryl methyl sites for hydroxylation is 2. The van der Waals surface area contributed by atoms with Crippen LogP contribution in [0.3, 0.4) is 0 Å². The van der Waals surface area contributed by atoms with Crippen molar-refractivity contribution in [2.24, 2.45) is 5.73 Å². The Kier molecular flexibility index (Phi) is 2.85. The minimum atomic E-state index is -0.676. The molecule has 0 unspecified atom stereocenters.